The van der Waals surface area contributed by atoms with Crippen LogP contribution in [-0.2, 0) is 30.4 Å². The summed E-state index contributed by atoms with van der Waals surface area (Å²) in [7, 11) is 0. The molecule has 1 heterocycles. The summed E-state index contributed by atoms with van der Waals surface area (Å²) < 4.78 is 0. The molecule has 0 saturated carbocycles. The molecule has 0 spiro atoms. The second-order valence-corrected chi connectivity index (χ2v) is 8.57. The van der Waals surface area contributed by atoms with Gasteiger partial charge >= 0.3 is 0 Å². The van der Waals surface area contributed by atoms with Crippen LogP contribution in [0.4, 0.5) is 5.69 Å². The molecule has 1 aliphatic heterocycles. The minimum atomic E-state index is -0.595. The minimum absolute atomic E-state index is 0.0487. The van der Waals surface area contributed by atoms with E-state index in [-0.39, 0.29) is 42.2 Å². The molecule has 31 heavy (non-hydrogen) atoms. The van der Waals surface area contributed by atoms with Gasteiger partial charge in [-0.3, -0.25) is 24.0 Å². The highest BCUT2D eigenvalue weighted by Gasteiger charge is 2.28. The molecule has 0 saturated heterocycles. The Bertz CT molecular complexity index is 881. The summed E-state index contributed by atoms with van der Waals surface area (Å²) in [5, 5.41) is 2.74. The smallest absolute Gasteiger partial charge is 0.258 e. The number of Topliss-reactive ketones (excluding diaryl/α,β-unsaturated/α-hetero) is 2. The second-order valence-electron chi connectivity index (χ2n) is 8.57. The van der Waals surface area contributed by atoms with E-state index in [1.165, 1.54) is 12.2 Å². The van der Waals surface area contributed by atoms with E-state index in [1.54, 1.807) is 45.0 Å². The quantitative estimate of drug-likeness (QED) is 0.580. The van der Waals surface area contributed by atoms with Crippen LogP contribution in [0.3, 0.4) is 0 Å². The van der Waals surface area contributed by atoms with Crippen molar-refractivity contribution in [3.63, 3.8) is 0 Å². The number of amides is 3. The zero-order valence-electron chi connectivity index (χ0n) is 18.7. The van der Waals surface area contributed by atoms with E-state index in [0.717, 1.165) is 10.5 Å². The van der Waals surface area contributed by atoms with Crippen molar-refractivity contribution in [1.82, 2.24) is 5.32 Å². The van der Waals surface area contributed by atoms with Gasteiger partial charge in [0.2, 0.25) is 5.91 Å². The van der Waals surface area contributed by atoms with Crippen molar-refractivity contribution in [3.05, 3.63) is 42.0 Å². The van der Waals surface area contributed by atoms with Crippen LogP contribution in [0.5, 0.6) is 0 Å². The summed E-state index contributed by atoms with van der Waals surface area (Å²) in [5.41, 5.74) is 1.17. The lowest BCUT2D eigenvalue weighted by atomic mass is 9.88. The number of benzene rings is 1. The standard InChI is InChI=1S/C24H30N2O5/c1-14(2)20(24(31)25-16(5)23(30)15(3)4)13-19(27)12-17-6-8-18(9-7-17)26-21(28)10-11-22(26)29/h6-11,14-16,20H,12-13H2,1-5H3,(H,25,31)/t16-,20-/m0/s1. The van der Waals surface area contributed by atoms with Gasteiger partial charge in [0.05, 0.1) is 11.7 Å². The number of ketones is 2. The first-order valence-electron chi connectivity index (χ1n) is 10.5. The number of imide groups is 1. The number of anilines is 1. The number of carbonyl (C=O) groups is 5. The van der Waals surface area contributed by atoms with Crippen molar-refractivity contribution in [2.45, 2.75) is 53.5 Å². The van der Waals surface area contributed by atoms with Gasteiger partial charge in [-0.15, -0.1) is 0 Å². The average Bonchev–Trinajstić information content (AvgIpc) is 3.03. The second kappa shape index (κ2) is 10.3. The Morgan fingerprint density at radius 2 is 1.45 bits per heavy atom. The molecule has 0 aromatic heterocycles. The predicted molar refractivity (Wildman–Crippen MR) is 117 cm³/mol. The highest BCUT2D eigenvalue weighted by molar-refractivity contribution is 6.28. The Kier molecular flexibility index (Phi) is 8.02. The van der Waals surface area contributed by atoms with Gasteiger partial charge in [0.15, 0.2) is 5.78 Å². The van der Waals surface area contributed by atoms with Gasteiger partial charge in [0.25, 0.3) is 11.8 Å². The molecule has 2 atom stereocenters. The zero-order valence-corrected chi connectivity index (χ0v) is 18.7. The van der Waals surface area contributed by atoms with E-state index in [2.05, 4.69) is 5.32 Å². The third-order valence-electron chi connectivity index (χ3n) is 5.35. The summed E-state index contributed by atoms with van der Waals surface area (Å²) in [6.07, 6.45) is 2.64. The maximum Gasteiger partial charge on any atom is 0.258 e. The van der Waals surface area contributed by atoms with Crippen LogP contribution in [0.1, 0.15) is 46.6 Å². The zero-order chi connectivity index (χ0) is 23.3. The third kappa shape index (κ3) is 6.20. The summed E-state index contributed by atoms with van der Waals surface area (Å²) in [4.78, 5) is 61.9. The van der Waals surface area contributed by atoms with Gasteiger partial charge in [0, 0.05) is 36.8 Å². The molecule has 1 aromatic carbocycles. The predicted octanol–water partition coefficient (Wildman–Crippen LogP) is 2.62. The van der Waals surface area contributed by atoms with Crippen LogP contribution in [0, 0.1) is 17.8 Å². The number of hydrogen-bond donors (Lipinski definition) is 1. The van der Waals surface area contributed by atoms with Crippen molar-refractivity contribution < 1.29 is 24.0 Å². The maximum absolute atomic E-state index is 12.7. The molecular weight excluding hydrogens is 396 g/mol. The molecule has 0 radical (unpaired) electrons. The summed E-state index contributed by atoms with van der Waals surface area (Å²) in [6, 6.07) is 6.04. The lowest BCUT2D eigenvalue weighted by Crippen LogP contribution is -2.44. The normalized spacial score (nSPS) is 15.5. The maximum atomic E-state index is 12.7. The van der Waals surface area contributed by atoms with Crippen LogP contribution in [0.2, 0.25) is 0 Å². The Hall–Kier alpha value is -3.09. The third-order valence-corrected chi connectivity index (χ3v) is 5.35. The van der Waals surface area contributed by atoms with Crippen LogP contribution in [0.15, 0.2) is 36.4 Å². The van der Waals surface area contributed by atoms with E-state index in [9.17, 15) is 24.0 Å². The fourth-order valence-corrected chi connectivity index (χ4v) is 3.49. The number of hydrogen-bond acceptors (Lipinski definition) is 5. The van der Waals surface area contributed by atoms with Crippen molar-refractivity contribution in [2.75, 3.05) is 4.90 Å². The Morgan fingerprint density at radius 1 is 0.903 bits per heavy atom. The summed E-state index contributed by atoms with van der Waals surface area (Å²) in [5.74, 6) is -2.01. The van der Waals surface area contributed by atoms with Gasteiger partial charge in [0.1, 0.15) is 5.78 Å². The first kappa shape index (κ1) is 24.2. The molecule has 166 valence electrons. The Morgan fingerprint density at radius 3 is 1.94 bits per heavy atom. The van der Waals surface area contributed by atoms with Crippen molar-refractivity contribution >= 4 is 35.0 Å². The van der Waals surface area contributed by atoms with Gasteiger partial charge < -0.3 is 5.32 Å². The fraction of sp³-hybridized carbons (Fsp3) is 0.458. The van der Waals surface area contributed by atoms with Crippen molar-refractivity contribution in [3.8, 4) is 0 Å². The van der Waals surface area contributed by atoms with E-state index in [0.29, 0.717) is 5.69 Å². The van der Waals surface area contributed by atoms with Gasteiger partial charge in [-0.2, -0.15) is 0 Å². The average molecular weight is 427 g/mol. The highest BCUT2D eigenvalue weighted by atomic mass is 16.2. The number of nitrogens with one attached hydrogen (secondary N) is 1. The molecule has 2 rings (SSSR count). The van der Waals surface area contributed by atoms with Crippen molar-refractivity contribution in [2.24, 2.45) is 17.8 Å². The van der Waals surface area contributed by atoms with E-state index >= 15 is 0 Å². The monoisotopic (exact) mass is 426 g/mol. The summed E-state index contributed by atoms with van der Waals surface area (Å²) in [6.45, 7) is 8.97. The van der Waals surface area contributed by atoms with Crippen LogP contribution in [-0.4, -0.2) is 35.3 Å². The number of rotatable bonds is 10. The SMILES string of the molecule is CC(C)C(=O)[C@H](C)NC(=O)[C@@H](CC(=O)Cc1ccc(N2C(=O)C=CC2=O)cc1)C(C)C. The van der Waals surface area contributed by atoms with Crippen LogP contribution < -0.4 is 10.2 Å². The molecule has 7 nitrogen and oxygen atoms in total. The first-order chi connectivity index (χ1) is 14.5. The minimum Gasteiger partial charge on any atom is -0.346 e. The molecule has 0 aliphatic carbocycles. The van der Waals surface area contributed by atoms with E-state index in [4.69, 9.17) is 0 Å². The molecule has 3 amide bonds. The Balaban J connectivity index is 1.98. The molecule has 0 bridgehead atoms. The highest BCUT2D eigenvalue weighted by Crippen LogP contribution is 2.21. The van der Waals surface area contributed by atoms with Crippen LogP contribution in [0.25, 0.3) is 0 Å². The lowest BCUT2D eigenvalue weighted by Gasteiger charge is -2.23. The van der Waals surface area contributed by atoms with Gasteiger partial charge in [-0.05, 0) is 30.5 Å². The summed E-state index contributed by atoms with van der Waals surface area (Å²) >= 11 is 0. The lowest BCUT2D eigenvalue weighted by molar-refractivity contribution is -0.134. The molecular formula is C24H30N2O5. The number of carbonyl (C=O) groups excluding carboxylic acids is 5. The van der Waals surface area contributed by atoms with Crippen LogP contribution >= 0.6 is 0 Å². The molecule has 0 unspecified atom stereocenters. The topological polar surface area (TPSA) is 101 Å². The van der Waals surface area contributed by atoms with Crippen molar-refractivity contribution in [1.29, 1.82) is 0 Å². The number of nitrogens with zero attached hydrogens (tertiary/aromatic N) is 1. The van der Waals surface area contributed by atoms with Gasteiger partial charge in [-0.1, -0.05) is 39.8 Å². The molecule has 1 aliphatic rings. The first-order valence-corrected chi connectivity index (χ1v) is 10.5. The fourth-order valence-electron chi connectivity index (χ4n) is 3.49. The molecule has 0 fully saturated rings. The van der Waals surface area contributed by atoms with Gasteiger partial charge in [-0.25, -0.2) is 4.90 Å². The van der Waals surface area contributed by atoms with E-state index in [1.807, 2.05) is 13.8 Å². The Labute approximate surface area is 182 Å². The molecule has 7 heteroatoms. The molecule has 1 N–H and O–H groups in total. The largest absolute Gasteiger partial charge is 0.346 e. The van der Waals surface area contributed by atoms with E-state index < -0.39 is 23.8 Å². The molecule has 1 aromatic rings.